The molecule has 1 saturated heterocycles. The van der Waals surface area contributed by atoms with Gasteiger partial charge in [0.2, 0.25) is 0 Å². The SMILES string of the molecule is CCOC1CCN(C(=O)c2sc(-c3ccc(OC)c(OC)c3)nc2C)CC1. The highest BCUT2D eigenvalue weighted by Gasteiger charge is 2.27. The molecule has 1 aromatic heterocycles. The number of carbonyl (C=O) groups is 1. The molecule has 1 fully saturated rings. The first kappa shape index (κ1) is 19.6. The maximum absolute atomic E-state index is 13.0. The summed E-state index contributed by atoms with van der Waals surface area (Å²) in [6.07, 6.45) is 2.05. The number of benzene rings is 1. The highest BCUT2D eigenvalue weighted by molar-refractivity contribution is 7.17. The molecule has 6 nitrogen and oxygen atoms in total. The lowest BCUT2D eigenvalue weighted by molar-refractivity contribution is 0.0147. The quantitative estimate of drug-likeness (QED) is 0.751. The number of carbonyl (C=O) groups excluding carboxylic acids is 1. The Kier molecular flexibility index (Phi) is 6.34. The van der Waals surface area contributed by atoms with Crippen LogP contribution in [0.25, 0.3) is 10.6 Å². The number of ether oxygens (including phenoxy) is 3. The summed E-state index contributed by atoms with van der Waals surface area (Å²) < 4.78 is 16.3. The lowest BCUT2D eigenvalue weighted by atomic mass is 10.1. The molecule has 1 aliphatic heterocycles. The second-order valence-electron chi connectivity index (χ2n) is 6.45. The van der Waals surface area contributed by atoms with Gasteiger partial charge < -0.3 is 19.1 Å². The first-order valence-corrected chi connectivity index (χ1v) is 9.99. The summed E-state index contributed by atoms with van der Waals surface area (Å²) in [5.41, 5.74) is 1.68. The molecule has 1 aromatic carbocycles. The van der Waals surface area contributed by atoms with Crippen molar-refractivity contribution >= 4 is 17.2 Å². The van der Waals surface area contributed by atoms with Crippen LogP contribution in [0, 0.1) is 6.92 Å². The number of likely N-dealkylation sites (tertiary alicyclic amines) is 1. The van der Waals surface area contributed by atoms with Gasteiger partial charge in [-0.2, -0.15) is 0 Å². The summed E-state index contributed by atoms with van der Waals surface area (Å²) in [4.78, 5) is 20.2. The van der Waals surface area contributed by atoms with Crippen LogP contribution in [0.1, 0.15) is 35.1 Å². The van der Waals surface area contributed by atoms with Crippen LogP contribution in [-0.2, 0) is 4.74 Å². The number of nitrogens with zero attached hydrogens (tertiary/aromatic N) is 2. The summed E-state index contributed by atoms with van der Waals surface area (Å²) in [6, 6.07) is 5.67. The molecule has 1 amide bonds. The molecule has 0 N–H and O–H groups in total. The number of aryl methyl sites for hydroxylation is 1. The third kappa shape index (κ3) is 4.25. The van der Waals surface area contributed by atoms with Crippen LogP contribution in [0.2, 0.25) is 0 Å². The van der Waals surface area contributed by atoms with Crippen molar-refractivity contribution in [2.45, 2.75) is 32.8 Å². The monoisotopic (exact) mass is 390 g/mol. The van der Waals surface area contributed by atoms with Crippen LogP contribution in [0.4, 0.5) is 0 Å². The van der Waals surface area contributed by atoms with Gasteiger partial charge in [0, 0.05) is 25.3 Å². The molecule has 3 rings (SSSR count). The van der Waals surface area contributed by atoms with E-state index in [0.29, 0.717) is 16.4 Å². The molecule has 0 aliphatic carbocycles. The molecular weight excluding hydrogens is 364 g/mol. The lowest BCUT2D eigenvalue weighted by Crippen LogP contribution is -2.40. The number of amides is 1. The van der Waals surface area contributed by atoms with Crippen LogP contribution in [0.3, 0.4) is 0 Å². The van der Waals surface area contributed by atoms with Crippen molar-refractivity contribution in [3.05, 3.63) is 28.8 Å². The van der Waals surface area contributed by atoms with Gasteiger partial charge in [-0.05, 0) is 44.9 Å². The van der Waals surface area contributed by atoms with E-state index in [-0.39, 0.29) is 12.0 Å². The van der Waals surface area contributed by atoms with E-state index in [1.807, 2.05) is 36.9 Å². The van der Waals surface area contributed by atoms with Gasteiger partial charge in [0.1, 0.15) is 9.88 Å². The average molecular weight is 391 g/mol. The fraction of sp³-hybridized carbons (Fsp3) is 0.500. The largest absolute Gasteiger partial charge is 0.493 e. The van der Waals surface area contributed by atoms with Gasteiger partial charge >= 0.3 is 0 Å². The number of hydrogen-bond donors (Lipinski definition) is 0. The van der Waals surface area contributed by atoms with Crippen LogP contribution >= 0.6 is 11.3 Å². The van der Waals surface area contributed by atoms with Crippen molar-refractivity contribution in [1.82, 2.24) is 9.88 Å². The Morgan fingerprint density at radius 3 is 2.56 bits per heavy atom. The van der Waals surface area contributed by atoms with E-state index in [0.717, 1.165) is 48.8 Å². The smallest absolute Gasteiger partial charge is 0.265 e. The number of thiazole rings is 1. The standard InChI is InChI=1S/C20H26N2O4S/c1-5-26-15-8-10-22(11-9-15)20(23)18-13(2)21-19(27-18)14-6-7-16(24-3)17(12-14)25-4/h6-7,12,15H,5,8-11H2,1-4H3. The predicted octanol–water partition coefficient (Wildman–Crippen LogP) is 3.78. The number of hydrogen-bond acceptors (Lipinski definition) is 6. The Hall–Kier alpha value is -2.12. The zero-order valence-corrected chi connectivity index (χ0v) is 17.1. The third-order valence-electron chi connectivity index (χ3n) is 4.75. The molecule has 0 saturated carbocycles. The predicted molar refractivity (Wildman–Crippen MR) is 106 cm³/mol. The highest BCUT2D eigenvalue weighted by Crippen LogP contribution is 2.35. The Balaban J connectivity index is 1.78. The second kappa shape index (κ2) is 8.71. The molecule has 1 aliphatic rings. The topological polar surface area (TPSA) is 60.9 Å². The van der Waals surface area contributed by atoms with Crippen molar-refractivity contribution in [2.75, 3.05) is 33.9 Å². The minimum Gasteiger partial charge on any atom is -0.493 e. The zero-order valence-electron chi connectivity index (χ0n) is 16.3. The molecule has 0 atom stereocenters. The van der Waals surface area contributed by atoms with Crippen molar-refractivity contribution in [2.24, 2.45) is 0 Å². The van der Waals surface area contributed by atoms with Gasteiger partial charge in [-0.25, -0.2) is 4.98 Å². The lowest BCUT2D eigenvalue weighted by Gasteiger charge is -2.31. The molecule has 27 heavy (non-hydrogen) atoms. The Bertz CT molecular complexity index is 797. The summed E-state index contributed by atoms with van der Waals surface area (Å²) in [6.45, 7) is 6.08. The maximum Gasteiger partial charge on any atom is 0.265 e. The Morgan fingerprint density at radius 2 is 1.93 bits per heavy atom. The van der Waals surface area contributed by atoms with E-state index in [1.165, 1.54) is 11.3 Å². The van der Waals surface area contributed by atoms with E-state index < -0.39 is 0 Å². The van der Waals surface area contributed by atoms with Gasteiger partial charge in [0.05, 0.1) is 26.0 Å². The first-order valence-electron chi connectivity index (χ1n) is 9.18. The van der Waals surface area contributed by atoms with Crippen molar-refractivity contribution < 1.29 is 19.0 Å². The van der Waals surface area contributed by atoms with Gasteiger partial charge in [-0.3, -0.25) is 4.79 Å². The molecule has 7 heteroatoms. The van der Waals surface area contributed by atoms with E-state index in [4.69, 9.17) is 14.2 Å². The van der Waals surface area contributed by atoms with Crippen molar-refractivity contribution in [1.29, 1.82) is 0 Å². The van der Waals surface area contributed by atoms with Crippen LogP contribution in [-0.4, -0.2) is 55.8 Å². The molecule has 0 bridgehead atoms. The molecule has 2 aromatic rings. The molecule has 0 unspecified atom stereocenters. The third-order valence-corrected chi connectivity index (χ3v) is 5.95. The molecule has 146 valence electrons. The Labute approximate surface area is 164 Å². The van der Waals surface area contributed by atoms with Gasteiger partial charge in [0.25, 0.3) is 5.91 Å². The minimum absolute atomic E-state index is 0.0617. The van der Waals surface area contributed by atoms with Crippen LogP contribution in [0.15, 0.2) is 18.2 Å². The van der Waals surface area contributed by atoms with E-state index in [9.17, 15) is 4.79 Å². The zero-order chi connectivity index (χ0) is 19.4. The normalized spacial score (nSPS) is 15.0. The highest BCUT2D eigenvalue weighted by atomic mass is 32.1. The van der Waals surface area contributed by atoms with E-state index in [2.05, 4.69) is 4.98 Å². The second-order valence-corrected chi connectivity index (χ2v) is 7.45. The fourth-order valence-corrected chi connectivity index (χ4v) is 4.32. The fourth-order valence-electron chi connectivity index (χ4n) is 3.29. The Morgan fingerprint density at radius 1 is 1.22 bits per heavy atom. The van der Waals surface area contributed by atoms with Gasteiger partial charge in [-0.1, -0.05) is 0 Å². The maximum atomic E-state index is 13.0. The molecule has 0 radical (unpaired) electrons. The number of methoxy groups -OCH3 is 2. The van der Waals surface area contributed by atoms with Crippen molar-refractivity contribution in [3.63, 3.8) is 0 Å². The van der Waals surface area contributed by atoms with E-state index in [1.54, 1.807) is 14.2 Å². The summed E-state index contributed by atoms with van der Waals surface area (Å²) in [7, 11) is 3.21. The number of rotatable bonds is 6. The molecule has 0 spiro atoms. The van der Waals surface area contributed by atoms with Crippen molar-refractivity contribution in [3.8, 4) is 22.1 Å². The molecule has 2 heterocycles. The van der Waals surface area contributed by atoms with Crippen LogP contribution < -0.4 is 9.47 Å². The van der Waals surface area contributed by atoms with Gasteiger partial charge in [-0.15, -0.1) is 11.3 Å². The summed E-state index contributed by atoms with van der Waals surface area (Å²) in [5.74, 6) is 1.38. The van der Waals surface area contributed by atoms with E-state index >= 15 is 0 Å². The first-order chi connectivity index (χ1) is 13.1. The van der Waals surface area contributed by atoms with Gasteiger partial charge in [0.15, 0.2) is 11.5 Å². The molecular formula is C20H26N2O4S. The summed E-state index contributed by atoms with van der Waals surface area (Å²) in [5, 5.41) is 0.806. The number of piperidine rings is 1. The average Bonchev–Trinajstić information content (AvgIpc) is 3.09. The minimum atomic E-state index is 0.0617. The summed E-state index contributed by atoms with van der Waals surface area (Å²) >= 11 is 1.43. The van der Waals surface area contributed by atoms with Crippen LogP contribution in [0.5, 0.6) is 11.5 Å². The number of aromatic nitrogens is 1.